The minimum absolute atomic E-state index is 0.408. The summed E-state index contributed by atoms with van der Waals surface area (Å²) in [5, 5.41) is 6.36. The van der Waals surface area contributed by atoms with Gasteiger partial charge in [-0.05, 0) is 68.8 Å². The minimum Gasteiger partial charge on any atom is -0.308 e. The summed E-state index contributed by atoms with van der Waals surface area (Å²) in [6.45, 7) is 0. The Morgan fingerprint density at radius 3 is 1.87 bits per heavy atom. The van der Waals surface area contributed by atoms with Gasteiger partial charge in [0.1, 0.15) is 6.33 Å². The number of rotatable bonds is 1. The van der Waals surface area contributed by atoms with Crippen molar-refractivity contribution in [1.29, 1.82) is 0 Å². The maximum atomic E-state index is 4.93. The Labute approximate surface area is 305 Å². The second kappa shape index (κ2) is 9.59. The summed E-state index contributed by atoms with van der Waals surface area (Å²) in [4.78, 5) is 9.38. The van der Waals surface area contributed by atoms with Gasteiger partial charge < -0.3 is 4.57 Å². The van der Waals surface area contributed by atoms with Crippen LogP contribution in [0.5, 0.6) is 0 Å². The fraction of sp³-hybridized carbons (Fsp3) is 0.0213. The van der Waals surface area contributed by atoms with E-state index in [9.17, 15) is 0 Å². The van der Waals surface area contributed by atoms with Crippen LogP contribution in [0.3, 0.4) is 0 Å². The van der Waals surface area contributed by atoms with Crippen molar-refractivity contribution in [3.8, 4) is 27.9 Å². The lowest BCUT2D eigenvalue weighted by molar-refractivity contribution is 0.792. The van der Waals surface area contributed by atoms with Crippen molar-refractivity contribution < 1.29 is 0 Å². The Morgan fingerprint density at radius 1 is 0.500 bits per heavy atom. The topological polar surface area (TPSA) is 30.7 Å². The van der Waals surface area contributed by atoms with Gasteiger partial charge in [0.2, 0.25) is 0 Å². The zero-order valence-electron chi connectivity index (χ0n) is 27.6. The van der Waals surface area contributed by atoms with Crippen LogP contribution in [0, 0.1) is 0 Å². The van der Waals surface area contributed by atoms with Gasteiger partial charge in [-0.2, -0.15) is 0 Å². The number of thiophene rings is 2. The summed E-state index contributed by atoms with van der Waals surface area (Å²) in [6, 6.07) is 52.3. The molecule has 0 saturated heterocycles. The zero-order chi connectivity index (χ0) is 33.7. The molecule has 4 aromatic heterocycles. The smallest absolute Gasteiger partial charge is 0.116 e. The zero-order valence-corrected chi connectivity index (χ0v) is 29.2. The summed E-state index contributed by atoms with van der Waals surface area (Å²) in [6.07, 6.45) is 3.68. The largest absolute Gasteiger partial charge is 0.308 e. The van der Waals surface area contributed by atoms with E-state index in [1.807, 2.05) is 28.9 Å². The van der Waals surface area contributed by atoms with Gasteiger partial charge >= 0.3 is 0 Å². The molecule has 3 nitrogen and oxygen atoms in total. The molecule has 4 heterocycles. The highest BCUT2D eigenvalue weighted by Crippen LogP contribution is 2.63. The molecule has 0 unspecified atom stereocenters. The molecule has 0 radical (unpaired) electrons. The van der Waals surface area contributed by atoms with E-state index in [2.05, 4.69) is 149 Å². The van der Waals surface area contributed by atoms with Crippen LogP contribution in [0.15, 0.2) is 152 Å². The molecule has 13 rings (SSSR count). The molecular weight excluding hydrogens is 671 g/mol. The minimum atomic E-state index is -0.408. The standard InChI is InChI=1S/C47H25N3S2/c1-6-16-33-27(11-1)28-12-2-7-17-34(28)47(33)35-18-8-3-13-29(35)30-22-21-26(23-36(30)47)50-37-19-9-4-14-31(37)40-42-43-39(24-48-25-49-43)52-45(42)41-32-15-5-10-20-38(32)51-46(41)44(40)50/h1-25H. The van der Waals surface area contributed by atoms with Gasteiger partial charge in [-0.3, -0.25) is 0 Å². The summed E-state index contributed by atoms with van der Waals surface area (Å²) >= 11 is 3.73. The molecular formula is C47H25N3S2. The number of aromatic nitrogens is 3. The van der Waals surface area contributed by atoms with E-state index in [-0.39, 0.29) is 0 Å². The van der Waals surface area contributed by atoms with Crippen LogP contribution in [0.2, 0.25) is 0 Å². The van der Waals surface area contributed by atoms with Crippen LogP contribution < -0.4 is 0 Å². The number of nitrogens with zero attached hydrogens (tertiary/aromatic N) is 3. The molecule has 2 aliphatic carbocycles. The lowest BCUT2D eigenvalue weighted by Crippen LogP contribution is -2.26. The lowest BCUT2D eigenvalue weighted by atomic mass is 9.70. The Morgan fingerprint density at radius 2 is 1.12 bits per heavy atom. The van der Waals surface area contributed by atoms with Crippen LogP contribution in [0.4, 0.5) is 0 Å². The first kappa shape index (κ1) is 27.6. The first-order valence-electron chi connectivity index (χ1n) is 17.6. The predicted molar refractivity (Wildman–Crippen MR) is 218 cm³/mol. The van der Waals surface area contributed by atoms with E-state index in [1.165, 1.54) is 102 Å². The highest BCUT2D eigenvalue weighted by Gasteiger charge is 2.51. The number of fused-ring (bicyclic) bond motifs is 22. The predicted octanol–water partition coefficient (Wildman–Crippen LogP) is 12.7. The number of benzene rings is 7. The number of para-hydroxylation sites is 1. The monoisotopic (exact) mass is 695 g/mol. The summed E-state index contributed by atoms with van der Waals surface area (Å²) < 4.78 is 7.58. The summed E-state index contributed by atoms with van der Waals surface area (Å²) in [5.74, 6) is 0. The highest BCUT2D eigenvalue weighted by molar-refractivity contribution is 7.30. The first-order chi connectivity index (χ1) is 25.8. The van der Waals surface area contributed by atoms with Crippen molar-refractivity contribution in [1.82, 2.24) is 14.5 Å². The fourth-order valence-corrected chi connectivity index (χ4v) is 12.4. The molecule has 2 aliphatic rings. The van der Waals surface area contributed by atoms with Crippen LogP contribution in [0.1, 0.15) is 22.3 Å². The third kappa shape index (κ3) is 3.11. The number of hydrogen-bond donors (Lipinski definition) is 0. The molecule has 1 spiro atoms. The Bertz CT molecular complexity index is 3320. The highest BCUT2D eigenvalue weighted by atomic mass is 32.1. The van der Waals surface area contributed by atoms with Crippen LogP contribution in [-0.4, -0.2) is 14.5 Å². The maximum Gasteiger partial charge on any atom is 0.116 e. The SMILES string of the molecule is c1ccc2c(c1)-c1ccccc1C21c2ccccc2-c2ccc(-n3c4ccccc4c4c5c6ncncc6sc5c5c6ccccc6sc5c43)cc21. The third-order valence-corrected chi connectivity index (χ3v) is 14.1. The molecule has 11 aromatic rings. The number of hydrogen-bond acceptors (Lipinski definition) is 4. The molecule has 0 atom stereocenters. The normalized spacial score (nSPS) is 13.9. The quantitative estimate of drug-likeness (QED) is 0.171. The van der Waals surface area contributed by atoms with Crippen molar-refractivity contribution in [2.75, 3.05) is 0 Å². The van der Waals surface area contributed by atoms with Crippen molar-refractivity contribution in [2.24, 2.45) is 0 Å². The van der Waals surface area contributed by atoms with Crippen LogP contribution >= 0.6 is 22.7 Å². The summed E-state index contributed by atoms with van der Waals surface area (Å²) in [5.41, 5.74) is 14.9. The van der Waals surface area contributed by atoms with Gasteiger partial charge in [0, 0.05) is 48.2 Å². The van der Waals surface area contributed by atoms with E-state index < -0.39 is 5.41 Å². The van der Waals surface area contributed by atoms with E-state index in [4.69, 9.17) is 4.98 Å². The average molecular weight is 696 g/mol. The maximum absolute atomic E-state index is 4.93. The van der Waals surface area contributed by atoms with Crippen molar-refractivity contribution in [2.45, 2.75) is 5.41 Å². The molecule has 0 bridgehead atoms. The molecule has 0 aliphatic heterocycles. The van der Waals surface area contributed by atoms with E-state index in [0.717, 1.165) is 10.2 Å². The van der Waals surface area contributed by atoms with Gasteiger partial charge in [-0.25, -0.2) is 9.97 Å². The van der Waals surface area contributed by atoms with Gasteiger partial charge in [0.15, 0.2) is 0 Å². The van der Waals surface area contributed by atoms with Gasteiger partial charge in [0.05, 0.1) is 31.4 Å². The third-order valence-electron chi connectivity index (χ3n) is 11.8. The molecule has 240 valence electrons. The van der Waals surface area contributed by atoms with E-state index >= 15 is 0 Å². The van der Waals surface area contributed by atoms with Crippen molar-refractivity contribution >= 4 is 85.0 Å². The van der Waals surface area contributed by atoms with Crippen molar-refractivity contribution in [3.05, 3.63) is 174 Å². The molecule has 0 amide bonds. The van der Waals surface area contributed by atoms with Crippen LogP contribution in [-0.2, 0) is 5.41 Å². The Kier molecular flexibility index (Phi) is 5.08. The fourth-order valence-electron chi connectivity index (χ4n) is 9.89. The van der Waals surface area contributed by atoms with E-state index in [1.54, 1.807) is 6.33 Å². The first-order valence-corrected chi connectivity index (χ1v) is 19.3. The van der Waals surface area contributed by atoms with Gasteiger partial charge in [-0.15, -0.1) is 22.7 Å². The van der Waals surface area contributed by atoms with Crippen molar-refractivity contribution in [3.63, 3.8) is 0 Å². The second-order valence-electron chi connectivity index (χ2n) is 14.0. The molecule has 52 heavy (non-hydrogen) atoms. The molecule has 0 fully saturated rings. The summed E-state index contributed by atoms with van der Waals surface area (Å²) in [7, 11) is 0. The Balaban J connectivity index is 1.23. The molecule has 0 N–H and O–H groups in total. The van der Waals surface area contributed by atoms with E-state index in [0.29, 0.717) is 0 Å². The Hall–Kier alpha value is -6.14. The molecule has 5 heteroatoms. The lowest BCUT2D eigenvalue weighted by Gasteiger charge is -2.30. The van der Waals surface area contributed by atoms with Gasteiger partial charge in [0.25, 0.3) is 0 Å². The second-order valence-corrected chi connectivity index (χ2v) is 16.1. The molecule has 7 aromatic carbocycles. The molecule has 0 saturated carbocycles. The van der Waals surface area contributed by atoms with Gasteiger partial charge in [-0.1, -0.05) is 115 Å². The van der Waals surface area contributed by atoms with Crippen LogP contribution in [0.25, 0.3) is 90.2 Å². The average Bonchev–Trinajstić information content (AvgIpc) is 3.99.